The molecule has 0 amide bonds. The molecular formula is C33H74O4Si3. The van der Waals surface area contributed by atoms with Gasteiger partial charge in [-0.15, -0.1) is 0 Å². The van der Waals surface area contributed by atoms with Crippen LogP contribution in [0.4, 0.5) is 0 Å². The molecule has 0 aliphatic carbocycles. The third-order valence-electron chi connectivity index (χ3n) is 11.0. The van der Waals surface area contributed by atoms with E-state index in [-0.39, 0.29) is 33.4 Å². The van der Waals surface area contributed by atoms with Gasteiger partial charge in [-0.05, 0) is 79.6 Å². The van der Waals surface area contributed by atoms with Gasteiger partial charge in [-0.25, -0.2) is 0 Å². The van der Waals surface area contributed by atoms with Gasteiger partial charge in [-0.1, -0.05) is 90.0 Å². The molecule has 4 nitrogen and oxygen atoms in total. The molecule has 242 valence electrons. The van der Waals surface area contributed by atoms with Gasteiger partial charge < -0.3 is 18.0 Å². The van der Waals surface area contributed by atoms with Crippen LogP contribution in [0.25, 0.3) is 0 Å². The molecule has 0 aromatic rings. The molecule has 0 bridgehead atoms. The van der Waals surface area contributed by atoms with Crippen LogP contribution < -0.4 is 0 Å². The lowest BCUT2D eigenvalue weighted by Crippen LogP contribution is -2.51. The third-order valence-corrected chi connectivity index (χ3v) is 24.5. The average Bonchev–Trinajstić information content (AvgIpc) is 2.75. The Hall–Kier alpha value is 0.491. The van der Waals surface area contributed by atoms with Gasteiger partial charge in [0.15, 0.2) is 25.0 Å². The molecule has 0 heterocycles. The van der Waals surface area contributed by atoms with E-state index in [4.69, 9.17) is 18.0 Å². The highest BCUT2D eigenvalue weighted by Gasteiger charge is 2.45. The Morgan fingerprint density at radius 3 is 1.23 bits per heavy atom. The zero-order valence-corrected chi connectivity index (χ0v) is 34.1. The number of rotatable bonds is 15. The first-order valence-electron chi connectivity index (χ1n) is 16.0. The van der Waals surface area contributed by atoms with Crippen molar-refractivity contribution in [3.8, 4) is 0 Å². The van der Waals surface area contributed by atoms with Gasteiger partial charge in [-0.3, -0.25) is 0 Å². The van der Waals surface area contributed by atoms with E-state index in [0.29, 0.717) is 23.7 Å². The highest BCUT2D eigenvalue weighted by atomic mass is 28.4. The van der Waals surface area contributed by atoms with Crippen molar-refractivity contribution in [1.82, 2.24) is 0 Å². The van der Waals surface area contributed by atoms with Crippen LogP contribution in [0.1, 0.15) is 103 Å². The zero-order chi connectivity index (χ0) is 32.3. The molecule has 0 fully saturated rings. The zero-order valence-electron chi connectivity index (χ0n) is 31.1. The molecule has 0 aromatic carbocycles. The van der Waals surface area contributed by atoms with Gasteiger partial charge in [0.25, 0.3) is 0 Å². The number of hydrogen-bond acceptors (Lipinski definition) is 4. The molecule has 0 aliphatic heterocycles. The maximum absolute atomic E-state index is 7.26. The van der Waals surface area contributed by atoms with Crippen LogP contribution in [-0.2, 0) is 18.0 Å². The van der Waals surface area contributed by atoms with E-state index >= 15 is 0 Å². The average molecular weight is 619 g/mol. The number of methoxy groups -OCH3 is 1. The van der Waals surface area contributed by atoms with Gasteiger partial charge in [0.05, 0.1) is 18.3 Å². The first-order chi connectivity index (χ1) is 17.5. The lowest BCUT2D eigenvalue weighted by molar-refractivity contribution is -0.0247. The molecule has 0 saturated carbocycles. The lowest BCUT2D eigenvalue weighted by Gasteiger charge is -2.46. The van der Waals surface area contributed by atoms with Gasteiger partial charge in [0, 0.05) is 25.6 Å². The largest absolute Gasteiger partial charge is 0.416 e. The predicted molar refractivity (Wildman–Crippen MR) is 185 cm³/mol. The molecule has 0 aromatic heterocycles. The summed E-state index contributed by atoms with van der Waals surface area (Å²) in [6.07, 6.45) is 1.50. The quantitative estimate of drug-likeness (QED) is 0.171. The van der Waals surface area contributed by atoms with Crippen molar-refractivity contribution in [2.24, 2.45) is 23.7 Å². The van der Waals surface area contributed by atoms with E-state index in [1.807, 2.05) is 7.11 Å². The molecule has 7 atom stereocenters. The molecule has 0 aliphatic rings. The standard InChI is InChI=1S/C33H74O4Si3/c1-24(22-25(2)30(27(4)28(5)34-15)37-40(20,21)33(12,13)14)29(36-39(18,19)32(9,10)11)26(3)23-35-38(16,17)31(6,7)8/h24-30H,22-23H2,1-21H3. The minimum atomic E-state index is -1.98. The third kappa shape index (κ3) is 11.2. The molecule has 40 heavy (non-hydrogen) atoms. The van der Waals surface area contributed by atoms with E-state index in [1.54, 1.807) is 0 Å². The number of hydrogen-bond donors (Lipinski definition) is 0. The van der Waals surface area contributed by atoms with Crippen LogP contribution in [0.3, 0.4) is 0 Å². The highest BCUT2D eigenvalue weighted by Crippen LogP contribution is 2.43. The summed E-state index contributed by atoms with van der Waals surface area (Å²) in [5.41, 5.74) is 0. The monoisotopic (exact) mass is 618 g/mol. The normalized spacial score (nSPS) is 20.0. The molecule has 7 heteroatoms. The maximum Gasteiger partial charge on any atom is 0.192 e. The fourth-order valence-corrected chi connectivity index (χ4v) is 8.65. The van der Waals surface area contributed by atoms with E-state index in [1.165, 1.54) is 0 Å². The smallest absolute Gasteiger partial charge is 0.192 e. The second-order valence-corrected chi connectivity index (χ2v) is 32.0. The SMILES string of the molecule is COC(C)C(C)C(O[Si](C)(C)C(C)(C)C)C(C)CC(C)C(O[Si](C)(C)C(C)(C)C)C(C)CO[Si](C)(C)C(C)(C)C. The van der Waals surface area contributed by atoms with E-state index in [2.05, 4.69) is 136 Å². The second kappa shape index (κ2) is 14.5. The van der Waals surface area contributed by atoms with Crippen molar-refractivity contribution in [2.75, 3.05) is 13.7 Å². The Labute approximate surface area is 255 Å². The molecule has 0 rings (SSSR count). The van der Waals surface area contributed by atoms with Crippen LogP contribution in [0, 0.1) is 23.7 Å². The van der Waals surface area contributed by atoms with E-state index < -0.39 is 25.0 Å². The number of ether oxygens (including phenoxy) is 1. The molecule has 0 spiro atoms. The first-order valence-corrected chi connectivity index (χ1v) is 24.8. The summed E-state index contributed by atoms with van der Waals surface area (Å²) in [6.45, 7) is 47.7. The summed E-state index contributed by atoms with van der Waals surface area (Å²) in [6, 6.07) is 0. The molecule has 7 unspecified atom stereocenters. The summed E-state index contributed by atoms with van der Waals surface area (Å²) in [4.78, 5) is 0. The Balaban J connectivity index is 6.25. The summed E-state index contributed by atoms with van der Waals surface area (Å²) in [7, 11) is -3.96. The maximum atomic E-state index is 7.26. The summed E-state index contributed by atoms with van der Waals surface area (Å²) in [5.74, 6) is 1.40. The summed E-state index contributed by atoms with van der Waals surface area (Å²) in [5, 5.41) is 0.522. The molecular weight excluding hydrogens is 545 g/mol. The van der Waals surface area contributed by atoms with Crippen LogP contribution in [0.15, 0.2) is 0 Å². The second-order valence-electron chi connectivity index (χ2n) is 17.7. The Bertz CT molecular complexity index is 746. The van der Waals surface area contributed by atoms with Crippen molar-refractivity contribution >= 4 is 25.0 Å². The summed E-state index contributed by atoms with van der Waals surface area (Å²) >= 11 is 0. The van der Waals surface area contributed by atoms with Gasteiger partial charge in [0.1, 0.15) is 0 Å². The van der Waals surface area contributed by atoms with E-state index in [9.17, 15) is 0 Å². The Morgan fingerprint density at radius 1 is 0.525 bits per heavy atom. The molecule has 0 saturated heterocycles. The van der Waals surface area contributed by atoms with Gasteiger partial charge >= 0.3 is 0 Å². The van der Waals surface area contributed by atoms with Crippen LogP contribution in [-0.4, -0.2) is 57.0 Å². The van der Waals surface area contributed by atoms with Crippen LogP contribution in [0.2, 0.25) is 54.4 Å². The van der Waals surface area contributed by atoms with Crippen molar-refractivity contribution in [3.63, 3.8) is 0 Å². The van der Waals surface area contributed by atoms with Crippen molar-refractivity contribution < 1.29 is 18.0 Å². The van der Waals surface area contributed by atoms with Gasteiger partial charge in [-0.2, -0.15) is 0 Å². The van der Waals surface area contributed by atoms with Crippen molar-refractivity contribution in [2.45, 2.75) is 176 Å². The minimum Gasteiger partial charge on any atom is -0.416 e. The fraction of sp³-hybridized carbons (Fsp3) is 1.00. The van der Waals surface area contributed by atoms with Crippen LogP contribution in [0.5, 0.6) is 0 Å². The van der Waals surface area contributed by atoms with Crippen molar-refractivity contribution in [3.05, 3.63) is 0 Å². The highest BCUT2D eigenvalue weighted by molar-refractivity contribution is 6.75. The van der Waals surface area contributed by atoms with Gasteiger partial charge in [0.2, 0.25) is 0 Å². The predicted octanol–water partition coefficient (Wildman–Crippen LogP) is 10.8. The summed E-state index contributed by atoms with van der Waals surface area (Å²) < 4.78 is 27.0. The van der Waals surface area contributed by atoms with Crippen molar-refractivity contribution in [1.29, 1.82) is 0 Å². The fourth-order valence-electron chi connectivity index (χ4n) is 4.56. The lowest BCUT2D eigenvalue weighted by atomic mass is 9.81. The Morgan fingerprint density at radius 2 is 0.875 bits per heavy atom. The minimum absolute atomic E-state index is 0.142. The molecule has 0 N–H and O–H groups in total. The van der Waals surface area contributed by atoms with E-state index in [0.717, 1.165) is 13.0 Å². The van der Waals surface area contributed by atoms with Crippen LogP contribution >= 0.6 is 0 Å². The Kier molecular flexibility index (Phi) is 14.7. The molecule has 0 radical (unpaired) electrons. The first kappa shape index (κ1) is 40.5. The topological polar surface area (TPSA) is 36.9 Å².